The zero-order valence-electron chi connectivity index (χ0n) is 9.21. The van der Waals surface area contributed by atoms with Crippen LogP contribution < -0.4 is 16.4 Å². The monoisotopic (exact) mass is 284 g/mol. The second-order valence-corrected chi connectivity index (χ2v) is 4.06. The van der Waals surface area contributed by atoms with Gasteiger partial charge in [-0.05, 0) is 11.5 Å². The van der Waals surface area contributed by atoms with Crippen molar-refractivity contribution in [1.82, 2.24) is 9.69 Å². The van der Waals surface area contributed by atoms with Gasteiger partial charge in [-0.3, -0.25) is 4.79 Å². The first-order chi connectivity index (χ1) is 8.27. The summed E-state index contributed by atoms with van der Waals surface area (Å²) in [4.78, 5) is 11.4. The molecule has 0 radical (unpaired) electrons. The normalized spacial score (nSPS) is 13.2. The Bertz CT molecular complexity index is 434. The van der Waals surface area contributed by atoms with Gasteiger partial charge < -0.3 is 21.5 Å². The number of nitrogen functional groups attached to an aromatic ring is 1. The molecule has 0 bridgehead atoms. The van der Waals surface area contributed by atoms with Crippen LogP contribution in [-0.2, 0) is 0 Å². The molecular formula is C8H11F3N4O2S. The molecule has 102 valence electrons. The van der Waals surface area contributed by atoms with Gasteiger partial charge in [0.15, 0.2) is 11.9 Å². The van der Waals surface area contributed by atoms with Gasteiger partial charge in [-0.15, -0.1) is 0 Å². The number of anilines is 2. The Morgan fingerprint density at radius 2 is 2.22 bits per heavy atom. The van der Waals surface area contributed by atoms with E-state index in [2.05, 4.69) is 15.0 Å². The highest BCUT2D eigenvalue weighted by Crippen LogP contribution is 2.27. The van der Waals surface area contributed by atoms with Gasteiger partial charge in [0.05, 0.1) is 6.54 Å². The van der Waals surface area contributed by atoms with Gasteiger partial charge in [0, 0.05) is 7.05 Å². The van der Waals surface area contributed by atoms with E-state index < -0.39 is 24.7 Å². The van der Waals surface area contributed by atoms with Crippen molar-refractivity contribution < 1.29 is 23.1 Å². The molecule has 6 nitrogen and oxygen atoms in total. The molecular weight excluding hydrogens is 273 g/mol. The van der Waals surface area contributed by atoms with Gasteiger partial charge in [-0.1, -0.05) is 0 Å². The fourth-order valence-electron chi connectivity index (χ4n) is 1.07. The van der Waals surface area contributed by atoms with E-state index in [1.54, 1.807) is 0 Å². The number of nitrogens with one attached hydrogen (secondary N) is 2. The van der Waals surface area contributed by atoms with Crippen LogP contribution in [0.25, 0.3) is 0 Å². The number of aromatic nitrogens is 1. The summed E-state index contributed by atoms with van der Waals surface area (Å²) in [5.41, 5.74) is 5.39. The lowest BCUT2D eigenvalue weighted by molar-refractivity contribution is -0.198. The molecule has 0 aliphatic carbocycles. The number of nitrogens with zero attached hydrogens (tertiary/aromatic N) is 1. The van der Waals surface area contributed by atoms with Gasteiger partial charge >= 0.3 is 6.18 Å². The smallest absolute Gasteiger partial charge is 0.382 e. The largest absolute Gasteiger partial charge is 0.416 e. The van der Waals surface area contributed by atoms with Gasteiger partial charge in [0.2, 0.25) is 0 Å². The summed E-state index contributed by atoms with van der Waals surface area (Å²) >= 11 is 0.747. The molecule has 0 fully saturated rings. The summed E-state index contributed by atoms with van der Waals surface area (Å²) in [5.74, 6) is -0.645. The van der Waals surface area contributed by atoms with Crippen LogP contribution in [0.1, 0.15) is 10.4 Å². The molecule has 0 saturated carbocycles. The first-order valence-corrected chi connectivity index (χ1v) is 5.50. The lowest BCUT2D eigenvalue weighted by atomic mass is 10.3. The van der Waals surface area contributed by atoms with Gasteiger partial charge in [0.1, 0.15) is 10.6 Å². The maximum absolute atomic E-state index is 12.1. The van der Waals surface area contributed by atoms with Gasteiger partial charge in [-0.25, -0.2) is 0 Å². The highest BCUT2D eigenvalue weighted by Gasteiger charge is 2.38. The van der Waals surface area contributed by atoms with E-state index in [9.17, 15) is 18.0 Å². The minimum Gasteiger partial charge on any atom is -0.382 e. The van der Waals surface area contributed by atoms with E-state index in [0.717, 1.165) is 11.5 Å². The summed E-state index contributed by atoms with van der Waals surface area (Å²) in [6.45, 7) is -0.783. The molecule has 1 aromatic rings. The van der Waals surface area contributed by atoms with Crippen molar-refractivity contribution in [3.63, 3.8) is 0 Å². The van der Waals surface area contributed by atoms with Crippen LogP contribution >= 0.6 is 11.5 Å². The number of halogens is 3. The summed E-state index contributed by atoms with van der Waals surface area (Å²) < 4.78 is 39.9. The molecule has 0 saturated heterocycles. The van der Waals surface area contributed by atoms with Crippen molar-refractivity contribution in [1.29, 1.82) is 0 Å². The minimum absolute atomic E-state index is 0.0307. The lowest BCUT2D eigenvalue weighted by Crippen LogP contribution is -2.35. The SMILES string of the molecule is CNC(=O)c1c(N)nsc1NCC(O)C(F)(F)F. The van der Waals surface area contributed by atoms with Crippen molar-refractivity contribution in [3.05, 3.63) is 5.56 Å². The average Bonchev–Trinajstić information content (AvgIpc) is 2.65. The summed E-state index contributed by atoms with van der Waals surface area (Å²) in [7, 11) is 1.35. The van der Waals surface area contributed by atoms with Crippen molar-refractivity contribution in [3.8, 4) is 0 Å². The molecule has 1 atom stereocenters. The Morgan fingerprint density at radius 3 is 2.72 bits per heavy atom. The van der Waals surface area contributed by atoms with Crippen molar-refractivity contribution >= 4 is 28.3 Å². The predicted molar refractivity (Wildman–Crippen MR) is 60.5 cm³/mol. The lowest BCUT2D eigenvalue weighted by Gasteiger charge is -2.15. The highest BCUT2D eigenvalue weighted by atomic mass is 32.1. The molecule has 0 aliphatic heterocycles. The number of aliphatic hydroxyl groups is 1. The number of carbonyl (C=O) groups excluding carboxylic acids is 1. The fourth-order valence-corrected chi connectivity index (χ4v) is 1.79. The standard InChI is InChI=1S/C8H11F3N4O2S/c1-13-6(17)4-5(12)15-18-7(4)14-2-3(16)8(9,10)11/h3,14,16H,2H2,1H3,(H2,12,15)(H,13,17). The molecule has 1 rings (SSSR count). The molecule has 1 aromatic heterocycles. The molecule has 1 unspecified atom stereocenters. The maximum Gasteiger partial charge on any atom is 0.416 e. The third kappa shape index (κ3) is 3.23. The minimum atomic E-state index is -4.73. The molecule has 5 N–H and O–H groups in total. The van der Waals surface area contributed by atoms with E-state index >= 15 is 0 Å². The molecule has 0 spiro atoms. The van der Waals surface area contributed by atoms with Crippen molar-refractivity contribution in [2.75, 3.05) is 24.6 Å². The summed E-state index contributed by atoms with van der Waals surface area (Å²) in [5, 5.41) is 13.5. The Balaban J connectivity index is 2.77. The van der Waals surface area contributed by atoms with E-state index in [-0.39, 0.29) is 16.4 Å². The number of nitrogens with two attached hydrogens (primary N) is 1. The van der Waals surface area contributed by atoms with Crippen LogP contribution in [0.15, 0.2) is 0 Å². The predicted octanol–water partition coefficient (Wildman–Crippen LogP) is 0.420. The van der Waals surface area contributed by atoms with E-state index in [0.29, 0.717) is 0 Å². The van der Waals surface area contributed by atoms with Crippen LogP contribution in [-0.4, -0.2) is 41.3 Å². The Kier molecular flexibility index (Phi) is 4.35. The van der Waals surface area contributed by atoms with E-state index in [1.165, 1.54) is 7.05 Å². The highest BCUT2D eigenvalue weighted by molar-refractivity contribution is 7.11. The van der Waals surface area contributed by atoms with Gasteiger partial charge in [0.25, 0.3) is 5.91 Å². The number of hydrogen-bond donors (Lipinski definition) is 4. The van der Waals surface area contributed by atoms with Crippen LogP contribution in [0.2, 0.25) is 0 Å². The fraction of sp³-hybridized carbons (Fsp3) is 0.500. The molecule has 0 aromatic carbocycles. The summed E-state index contributed by atoms with van der Waals surface area (Å²) in [6, 6.07) is 0. The number of rotatable bonds is 4. The third-order valence-corrected chi connectivity index (χ3v) is 2.83. The second-order valence-electron chi connectivity index (χ2n) is 3.29. The summed E-state index contributed by atoms with van der Waals surface area (Å²) in [6.07, 6.45) is -7.26. The third-order valence-electron chi connectivity index (χ3n) is 2.01. The molecule has 10 heteroatoms. The first kappa shape index (κ1) is 14.5. The number of carbonyl (C=O) groups is 1. The first-order valence-electron chi connectivity index (χ1n) is 4.73. The van der Waals surface area contributed by atoms with Crippen LogP contribution in [0, 0.1) is 0 Å². The molecule has 18 heavy (non-hydrogen) atoms. The zero-order valence-corrected chi connectivity index (χ0v) is 10.0. The Morgan fingerprint density at radius 1 is 1.61 bits per heavy atom. The number of aliphatic hydroxyl groups excluding tert-OH is 1. The second kappa shape index (κ2) is 5.40. The molecule has 1 heterocycles. The molecule has 0 aliphatic rings. The van der Waals surface area contributed by atoms with Gasteiger partial charge in [-0.2, -0.15) is 17.5 Å². The van der Waals surface area contributed by atoms with E-state index in [1.807, 2.05) is 0 Å². The topological polar surface area (TPSA) is 100 Å². The van der Waals surface area contributed by atoms with Crippen LogP contribution in [0.5, 0.6) is 0 Å². The quantitative estimate of drug-likeness (QED) is 0.642. The number of alkyl halides is 3. The average molecular weight is 284 g/mol. The van der Waals surface area contributed by atoms with Crippen molar-refractivity contribution in [2.45, 2.75) is 12.3 Å². The molecule has 1 amide bonds. The number of hydrogen-bond acceptors (Lipinski definition) is 6. The van der Waals surface area contributed by atoms with Crippen LogP contribution in [0.4, 0.5) is 24.0 Å². The van der Waals surface area contributed by atoms with E-state index in [4.69, 9.17) is 10.8 Å². The zero-order chi connectivity index (χ0) is 13.9. The van der Waals surface area contributed by atoms with Crippen LogP contribution in [0.3, 0.4) is 0 Å². The maximum atomic E-state index is 12.1. The Labute approximate surface area is 104 Å². The Hall–Kier alpha value is -1.55. The number of amides is 1. The van der Waals surface area contributed by atoms with Crippen molar-refractivity contribution in [2.24, 2.45) is 0 Å².